The predicted molar refractivity (Wildman–Crippen MR) is 61.6 cm³/mol. The maximum Gasteiger partial charge on any atom is 0.322 e. The van der Waals surface area contributed by atoms with Gasteiger partial charge in [-0.15, -0.1) is 0 Å². The lowest BCUT2D eigenvalue weighted by Crippen LogP contribution is -2.46. The molecule has 0 saturated carbocycles. The van der Waals surface area contributed by atoms with E-state index in [1.54, 1.807) is 7.11 Å². The van der Waals surface area contributed by atoms with Gasteiger partial charge in [0.25, 0.3) is 0 Å². The Morgan fingerprint density at radius 2 is 2.44 bits per heavy atom. The molecule has 16 heavy (non-hydrogen) atoms. The van der Waals surface area contributed by atoms with Crippen LogP contribution in [0.25, 0.3) is 0 Å². The number of methoxy groups -OCH3 is 1. The number of nitrogens with zero attached hydrogens (tertiary/aromatic N) is 1. The molecule has 5 heteroatoms. The third kappa shape index (κ3) is 4.08. The summed E-state index contributed by atoms with van der Waals surface area (Å²) in [4.78, 5) is 13.2. The summed E-state index contributed by atoms with van der Waals surface area (Å²) >= 11 is 0. The number of hydrogen-bond acceptors (Lipinski definition) is 4. The summed E-state index contributed by atoms with van der Waals surface area (Å²) in [5.41, 5.74) is 0. The average molecular weight is 230 g/mol. The van der Waals surface area contributed by atoms with E-state index in [1.807, 2.05) is 6.92 Å². The van der Waals surface area contributed by atoms with Crippen molar-refractivity contribution in [3.63, 3.8) is 0 Å². The molecule has 5 nitrogen and oxygen atoms in total. The van der Waals surface area contributed by atoms with Gasteiger partial charge in [0.15, 0.2) is 0 Å². The third-order valence-corrected chi connectivity index (χ3v) is 2.94. The van der Waals surface area contributed by atoms with Crippen LogP contribution in [0.1, 0.15) is 19.8 Å². The highest BCUT2D eigenvalue weighted by molar-refractivity contribution is 5.73. The van der Waals surface area contributed by atoms with Gasteiger partial charge in [-0.05, 0) is 19.4 Å². The molecule has 0 aliphatic carbocycles. The van der Waals surface area contributed by atoms with Crippen LogP contribution in [-0.4, -0.2) is 61.4 Å². The van der Waals surface area contributed by atoms with Crippen LogP contribution in [0.3, 0.4) is 0 Å². The smallest absolute Gasteiger partial charge is 0.322 e. The number of hydrogen-bond donors (Lipinski definition) is 2. The number of aliphatic carboxylic acids is 1. The molecule has 1 fully saturated rings. The van der Waals surface area contributed by atoms with Crippen molar-refractivity contribution in [2.24, 2.45) is 0 Å². The molecule has 2 unspecified atom stereocenters. The van der Waals surface area contributed by atoms with Gasteiger partial charge < -0.3 is 15.2 Å². The summed E-state index contributed by atoms with van der Waals surface area (Å²) in [5.74, 6) is -0.769. The number of nitrogens with one attached hydrogen (secondary N) is 1. The van der Waals surface area contributed by atoms with E-state index in [4.69, 9.17) is 9.84 Å². The fourth-order valence-corrected chi connectivity index (χ4v) is 1.96. The van der Waals surface area contributed by atoms with Crippen molar-refractivity contribution in [2.45, 2.75) is 31.9 Å². The SMILES string of the molecule is CCCNC(CN1CCC(OC)C1)C(=O)O. The molecule has 1 heterocycles. The second-order valence-electron chi connectivity index (χ2n) is 4.25. The number of carbonyl (C=O) groups is 1. The standard InChI is InChI=1S/C11H22N2O3/c1-3-5-12-10(11(14)15)8-13-6-4-9(7-13)16-2/h9-10,12H,3-8H2,1-2H3,(H,14,15). The Morgan fingerprint density at radius 1 is 1.69 bits per heavy atom. The molecule has 0 aromatic heterocycles. The zero-order chi connectivity index (χ0) is 12.0. The molecule has 1 aliphatic heterocycles. The Bertz CT molecular complexity index is 223. The largest absolute Gasteiger partial charge is 0.480 e. The minimum absolute atomic E-state index is 0.264. The Balaban J connectivity index is 2.34. The number of likely N-dealkylation sites (tertiary alicyclic amines) is 1. The first-order chi connectivity index (χ1) is 7.67. The summed E-state index contributed by atoms with van der Waals surface area (Å²) < 4.78 is 5.26. The topological polar surface area (TPSA) is 61.8 Å². The summed E-state index contributed by atoms with van der Waals surface area (Å²) in [6.45, 7) is 5.11. The van der Waals surface area contributed by atoms with Gasteiger partial charge in [-0.1, -0.05) is 6.92 Å². The highest BCUT2D eigenvalue weighted by atomic mass is 16.5. The van der Waals surface area contributed by atoms with Crippen molar-refractivity contribution >= 4 is 5.97 Å². The Hall–Kier alpha value is -0.650. The van der Waals surface area contributed by atoms with E-state index in [0.717, 1.165) is 32.5 Å². The molecule has 0 aromatic rings. The van der Waals surface area contributed by atoms with E-state index in [9.17, 15) is 4.79 Å². The molecule has 94 valence electrons. The molecule has 1 rings (SSSR count). The molecule has 0 radical (unpaired) electrons. The van der Waals surface area contributed by atoms with Gasteiger partial charge in [0.2, 0.25) is 0 Å². The minimum atomic E-state index is -0.769. The quantitative estimate of drug-likeness (QED) is 0.652. The van der Waals surface area contributed by atoms with Crippen molar-refractivity contribution < 1.29 is 14.6 Å². The lowest BCUT2D eigenvalue weighted by Gasteiger charge is -2.21. The fourth-order valence-electron chi connectivity index (χ4n) is 1.96. The molecule has 0 spiro atoms. The lowest BCUT2D eigenvalue weighted by molar-refractivity contribution is -0.140. The van der Waals surface area contributed by atoms with Gasteiger partial charge in [-0.3, -0.25) is 9.69 Å². The predicted octanol–water partition coefficient (Wildman–Crippen LogP) is 0.160. The lowest BCUT2D eigenvalue weighted by atomic mass is 10.2. The van der Waals surface area contributed by atoms with Crippen LogP contribution < -0.4 is 5.32 Å². The molecule has 2 atom stereocenters. The molecule has 0 bridgehead atoms. The highest BCUT2D eigenvalue weighted by Gasteiger charge is 2.26. The number of carboxylic acid groups (broad SMARTS) is 1. The van der Waals surface area contributed by atoms with Crippen LogP contribution in [0, 0.1) is 0 Å². The van der Waals surface area contributed by atoms with Crippen molar-refractivity contribution in [3.05, 3.63) is 0 Å². The van der Waals surface area contributed by atoms with Crippen LogP contribution in [0.15, 0.2) is 0 Å². The van der Waals surface area contributed by atoms with E-state index in [-0.39, 0.29) is 6.10 Å². The van der Waals surface area contributed by atoms with Crippen molar-refractivity contribution in [2.75, 3.05) is 33.3 Å². The summed E-state index contributed by atoms with van der Waals surface area (Å²) in [7, 11) is 1.71. The molecule has 0 amide bonds. The maximum atomic E-state index is 11.0. The number of carboxylic acids is 1. The second kappa shape index (κ2) is 6.83. The zero-order valence-electron chi connectivity index (χ0n) is 10.1. The van der Waals surface area contributed by atoms with E-state index >= 15 is 0 Å². The third-order valence-electron chi connectivity index (χ3n) is 2.94. The monoisotopic (exact) mass is 230 g/mol. The molecule has 1 saturated heterocycles. The second-order valence-corrected chi connectivity index (χ2v) is 4.25. The van der Waals surface area contributed by atoms with Crippen molar-refractivity contribution in [1.29, 1.82) is 0 Å². The molecular formula is C11H22N2O3. The highest BCUT2D eigenvalue weighted by Crippen LogP contribution is 2.11. The molecule has 0 aromatic carbocycles. The Kier molecular flexibility index (Phi) is 5.73. The maximum absolute atomic E-state index is 11.0. The van der Waals surface area contributed by atoms with E-state index in [0.29, 0.717) is 6.54 Å². The molecule has 2 N–H and O–H groups in total. The van der Waals surface area contributed by atoms with Crippen LogP contribution in [-0.2, 0) is 9.53 Å². The number of rotatable bonds is 7. The van der Waals surface area contributed by atoms with Crippen LogP contribution in [0.4, 0.5) is 0 Å². The first kappa shape index (κ1) is 13.4. The van der Waals surface area contributed by atoms with Crippen molar-refractivity contribution in [3.8, 4) is 0 Å². The molecule has 1 aliphatic rings. The zero-order valence-corrected chi connectivity index (χ0v) is 10.1. The fraction of sp³-hybridized carbons (Fsp3) is 0.909. The van der Waals surface area contributed by atoms with Crippen LogP contribution in [0.2, 0.25) is 0 Å². The van der Waals surface area contributed by atoms with E-state index < -0.39 is 12.0 Å². The first-order valence-electron chi connectivity index (χ1n) is 5.88. The minimum Gasteiger partial charge on any atom is -0.480 e. The van der Waals surface area contributed by atoms with Gasteiger partial charge in [0.05, 0.1) is 6.10 Å². The average Bonchev–Trinajstić information content (AvgIpc) is 2.71. The Morgan fingerprint density at radius 3 is 2.94 bits per heavy atom. The first-order valence-corrected chi connectivity index (χ1v) is 5.88. The Labute approximate surface area is 96.8 Å². The van der Waals surface area contributed by atoms with Crippen LogP contribution >= 0.6 is 0 Å². The van der Waals surface area contributed by atoms with Gasteiger partial charge in [0.1, 0.15) is 6.04 Å². The molecular weight excluding hydrogens is 208 g/mol. The van der Waals surface area contributed by atoms with Gasteiger partial charge in [-0.2, -0.15) is 0 Å². The summed E-state index contributed by atoms with van der Waals surface area (Å²) in [5, 5.41) is 12.1. The van der Waals surface area contributed by atoms with E-state index in [1.165, 1.54) is 0 Å². The summed E-state index contributed by atoms with van der Waals surface area (Å²) in [6.07, 6.45) is 2.21. The van der Waals surface area contributed by atoms with Gasteiger partial charge >= 0.3 is 5.97 Å². The van der Waals surface area contributed by atoms with Crippen molar-refractivity contribution in [1.82, 2.24) is 10.2 Å². The van der Waals surface area contributed by atoms with Gasteiger partial charge in [-0.25, -0.2) is 0 Å². The number of ether oxygens (including phenoxy) is 1. The summed E-state index contributed by atoms with van der Waals surface area (Å²) in [6, 6.07) is -0.462. The van der Waals surface area contributed by atoms with Gasteiger partial charge in [0, 0.05) is 26.7 Å². The van der Waals surface area contributed by atoms with Crippen LogP contribution in [0.5, 0.6) is 0 Å². The normalized spacial score (nSPS) is 23.5. The van der Waals surface area contributed by atoms with E-state index in [2.05, 4.69) is 10.2 Å².